The van der Waals surface area contributed by atoms with Crippen molar-refractivity contribution in [1.29, 1.82) is 0 Å². The molecule has 0 unspecified atom stereocenters. The molecule has 0 saturated heterocycles. The van der Waals surface area contributed by atoms with E-state index < -0.39 is 4.92 Å². The zero-order chi connectivity index (χ0) is 28.1. The van der Waals surface area contributed by atoms with E-state index in [2.05, 4.69) is 21.0 Å². The number of aromatic nitrogens is 2. The van der Waals surface area contributed by atoms with Gasteiger partial charge in [0, 0.05) is 22.5 Å². The summed E-state index contributed by atoms with van der Waals surface area (Å²) in [5, 5.41) is 16.0. The quantitative estimate of drug-likeness (QED) is 0.116. The molecule has 206 valence electrons. The number of halogens is 1. The fourth-order valence-corrected chi connectivity index (χ4v) is 5.26. The van der Waals surface area contributed by atoms with Crippen molar-refractivity contribution in [3.05, 3.63) is 103 Å². The Balaban J connectivity index is 1.43. The van der Waals surface area contributed by atoms with Gasteiger partial charge in [0.15, 0.2) is 11.5 Å². The minimum absolute atomic E-state index is 0.0300. The van der Waals surface area contributed by atoms with Crippen LogP contribution < -0.4 is 15.0 Å². The van der Waals surface area contributed by atoms with Gasteiger partial charge in [-0.25, -0.2) is 4.98 Å². The third-order valence-electron chi connectivity index (χ3n) is 6.94. The van der Waals surface area contributed by atoms with Crippen molar-refractivity contribution >= 4 is 38.7 Å². The number of hydrogen-bond acceptors (Lipinski definition) is 7. The Kier molecular flexibility index (Phi) is 8.54. The first-order valence-electron chi connectivity index (χ1n) is 13.3. The van der Waals surface area contributed by atoms with Gasteiger partial charge in [-0.05, 0) is 79.4 Å². The van der Waals surface area contributed by atoms with Crippen LogP contribution in [0.4, 0.5) is 5.69 Å². The number of ether oxygens (including phenoxy) is 2. The molecule has 40 heavy (non-hydrogen) atoms. The molecule has 4 aromatic rings. The van der Waals surface area contributed by atoms with E-state index in [4.69, 9.17) is 14.5 Å². The first-order valence-corrected chi connectivity index (χ1v) is 14.1. The monoisotopic (exact) mass is 604 g/mol. The molecular formula is C30H29BrN4O5. The second kappa shape index (κ2) is 12.4. The summed E-state index contributed by atoms with van der Waals surface area (Å²) in [6, 6.07) is 17.2. The lowest BCUT2D eigenvalue weighted by Gasteiger charge is -2.22. The van der Waals surface area contributed by atoms with Gasteiger partial charge in [0.2, 0.25) is 0 Å². The van der Waals surface area contributed by atoms with Gasteiger partial charge in [0.05, 0.1) is 28.6 Å². The van der Waals surface area contributed by atoms with E-state index in [-0.39, 0.29) is 23.8 Å². The van der Waals surface area contributed by atoms with Crippen molar-refractivity contribution in [3.63, 3.8) is 0 Å². The van der Waals surface area contributed by atoms with Gasteiger partial charge in [-0.1, -0.05) is 35.2 Å². The van der Waals surface area contributed by atoms with Crippen molar-refractivity contribution in [2.75, 3.05) is 6.61 Å². The second-order valence-electron chi connectivity index (χ2n) is 9.68. The van der Waals surface area contributed by atoms with E-state index >= 15 is 0 Å². The molecule has 0 amide bonds. The van der Waals surface area contributed by atoms with Crippen molar-refractivity contribution in [3.8, 4) is 11.5 Å². The summed E-state index contributed by atoms with van der Waals surface area (Å²) in [7, 11) is 0. The SMILES string of the molecule is CCOc1cc(C=Nn2c(C3CCCCC3)nc3ccc(Br)cc3c2=O)ccc1OCc1ccc([N+](=O)[O-])cc1. The van der Waals surface area contributed by atoms with E-state index in [9.17, 15) is 14.9 Å². The molecule has 1 heterocycles. The van der Waals surface area contributed by atoms with Crippen molar-refractivity contribution < 1.29 is 14.4 Å². The van der Waals surface area contributed by atoms with Crippen LogP contribution in [-0.2, 0) is 6.61 Å². The van der Waals surface area contributed by atoms with E-state index in [1.54, 1.807) is 30.5 Å². The highest BCUT2D eigenvalue weighted by Gasteiger charge is 2.22. The average molecular weight is 605 g/mol. The maximum absolute atomic E-state index is 13.6. The van der Waals surface area contributed by atoms with Crippen LogP contribution in [0.5, 0.6) is 11.5 Å². The zero-order valence-electron chi connectivity index (χ0n) is 22.1. The molecule has 9 nitrogen and oxygen atoms in total. The van der Waals surface area contributed by atoms with Gasteiger partial charge in [0.25, 0.3) is 11.2 Å². The smallest absolute Gasteiger partial charge is 0.282 e. The first-order chi connectivity index (χ1) is 19.4. The number of non-ortho nitro benzene ring substituents is 1. The largest absolute Gasteiger partial charge is 0.490 e. The standard InChI is InChI=1S/C30H29BrN4O5/c1-2-39-28-16-21(10-15-27(28)40-19-20-8-12-24(13-9-20)35(37)38)18-32-34-29(22-6-4-3-5-7-22)33-26-14-11-23(31)17-25(26)30(34)36/h8-18,22H,2-7,19H2,1H3. The molecular weight excluding hydrogens is 576 g/mol. The topological polar surface area (TPSA) is 109 Å². The molecule has 10 heteroatoms. The first kappa shape index (κ1) is 27.5. The van der Waals surface area contributed by atoms with Crippen LogP contribution in [0, 0.1) is 10.1 Å². The van der Waals surface area contributed by atoms with Crippen molar-refractivity contribution in [1.82, 2.24) is 9.66 Å². The predicted octanol–water partition coefficient (Wildman–Crippen LogP) is 6.97. The van der Waals surface area contributed by atoms with Crippen LogP contribution in [0.25, 0.3) is 10.9 Å². The maximum atomic E-state index is 13.6. The number of rotatable bonds is 9. The van der Waals surface area contributed by atoms with Gasteiger partial charge >= 0.3 is 0 Å². The summed E-state index contributed by atoms with van der Waals surface area (Å²) in [4.78, 5) is 28.9. The third-order valence-corrected chi connectivity index (χ3v) is 7.43. The number of fused-ring (bicyclic) bond motifs is 1. The van der Waals surface area contributed by atoms with Crippen molar-refractivity contribution in [2.45, 2.75) is 51.6 Å². The molecule has 0 atom stereocenters. The number of benzene rings is 3. The molecule has 0 aliphatic heterocycles. The zero-order valence-corrected chi connectivity index (χ0v) is 23.7. The molecule has 5 rings (SSSR count). The molecule has 1 saturated carbocycles. The Bertz CT molecular complexity index is 1610. The lowest BCUT2D eigenvalue weighted by molar-refractivity contribution is -0.384. The van der Waals surface area contributed by atoms with Crippen LogP contribution in [0.1, 0.15) is 61.9 Å². The molecule has 0 N–H and O–H groups in total. The number of nitro benzene ring substituents is 1. The molecule has 0 spiro atoms. The minimum Gasteiger partial charge on any atom is -0.490 e. The number of nitro groups is 1. The molecule has 1 aromatic heterocycles. The summed E-state index contributed by atoms with van der Waals surface area (Å²) < 4.78 is 14.0. The average Bonchev–Trinajstić information content (AvgIpc) is 2.97. The van der Waals surface area contributed by atoms with E-state index in [1.165, 1.54) is 23.2 Å². The Morgan fingerprint density at radius 2 is 1.82 bits per heavy atom. The van der Waals surface area contributed by atoms with E-state index in [0.717, 1.165) is 41.3 Å². The minimum atomic E-state index is -0.433. The molecule has 1 fully saturated rings. The van der Waals surface area contributed by atoms with Gasteiger partial charge in [-0.15, -0.1) is 0 Å². The Morgan fingerprint density at radius 1 is 1.05 bits per heavy atom. The Hall–Kier alpha value is -4.05. The summed E-state index contributed by atoms with van der Waals surface area (Å²) in [6.07, 6.45) is 7.03. The van der Waals surface area contributed by atoms with Crippen LogP contribution in [0.15, 0.2) is 75.0 Å². The third kappa shape index (κ3) is 6.22. The van der Waals surface area contributed by atoms with Gasteiger partial charge in [-0.3, -0.25) is 14.9 Å². The van der Waals surface area contributed by atoms with Gasteiger partial charge in [-0.2, -0.15) is 9.78 Å². The number of hydrogen-bond donors (Lipinski definition) is 0. The van der Waals surface area contributed by atoms with Gasteiger partial charge in [0.1, 0.15) is 12.4 Å². The number of nitrogens with zero attached hydrogens (tertiary/aromatic N) is 4. The molecule has 3 aromatic carbocycles. The van der Waals surface area contributed by atoms with Crippen LogP contribution >= 0.6 is 15.9 Å². The molecule has 1 aliphatic rings. The lowest BCUT2D eigenvalue weighted by Crippen LogP contribution is -2.25. The molecule has 0 radical (unpaired) electrons. The molecule has 1 aliphatic carbocycles. The second-order valence-corrected chi connectivity index (χ2v) is 10.6. The summed E-state index contributed by atoms with van der Waals surface area (Å²) in [5.74, 6) is 1.95. The van der Waals surface area contributed by atoms with E-state index in [1.807, 2.05) is 31.2 Å². The summed E-state index contributed by atoms with van der Waals surface area (Å²) in [5.41, 5.74) is 2.04. The molecule has 0 bridgehead atoms. The van der Waals surface area contributed by atoms with Crippen LogP contribution in [-0.4, -0.2) is 27.4 Å². The fraction of sp³-hybridized carbons (Fsp3) is 0.300. The predicted molar refractivity (Wildman–Crippen MR) is 158 cm³/mol. The lowest BCUT2D eigenvalue weighted by atomic mass is 9.88. The summed E-state index contributed by atoms with van der Waals surface area (Å²) >= 11 is 3.46. The van der Waals surface area contributed by atoms with E-state index in [0.29, 0.717) is 34.8 Å². The van der Waals surface area contributed by atoms with Gasteiger partial charge < -0.3 is 9.47 Å². The Labute approximate surface area is 239 Å². The highest BCUT2D eigenvalue weighted by molar-refractivity contribution is 9.10. The maximum Gasteiger partial charge on any atom is 0.282 e. The summed E-state index contributed by atoms with van der Waals surface area (Å²) in [6.45, 7) is 2.54. The van der Waals surface area contributed by atoms with Crippen LogP contribution in [0.3, 0.4) is 0 Å². The Morgan fingerprint density at radius 3 is 2.55 bits per heavy atom. The fourth-order valence-electron chi connectivity index (χ4n) is 4.89. The van der Waals surface area contributed by atoms with Crippen LogP contribution in [0.2, 0.25) is 0 Å². The normalized spacial score (nSPS) is 14.1. The highest BCUT2D eigenvalue weighted by atomic mass is 79.9. The van der Waals surface area contributed by atoms with Crippen molar-refractivity contribution in [2.24, 2.45) is 5.10 Å². The highest BCUT2D eigenvalue weighted by Crippen LogP contribution is 2.32.